The van der Waals surface area contributed by atoms with Crippen LogP contribution in [0.1, 0.15) is 5.69 Å². The van der Waals surface area contributed by atoms with Gasteiger partial charge in [-0.25, -0.2) is 0 Å². The summed E-state index contributed by atoms with van der Waals surface area (Å²) in [5.41, 5.74) is 2.11. The number of carbonyl (C=O) groups excluding carboxylic acids is 1. The Bertz CT molecular complexity index is 624. The number of amides is 1. The van der Waals surface area contributed by atoms with E-state index < -0.39 is 0 Å². The highest BCUT2D eigenvalue weighted by atomic mass is 16.2. The summed E-state index contributed by atoms with van der Waals surface area (Å²) in [7, 11) is 0. The van der Waals surface area contributed by atoms with E-state index in [-0.39, 0.29) is 5.91 Å². The van der Waals surface area contributed by atoms with Gasteiger partial charge in [-0.2, -0.15) is 0 Å². The van der Waals surface area contributed by atoms with Crippen molar-refractivity contribution in [3.8, 4) is 0 Å². The van der Waals surface area contributed by atoms with Gasteiger partial charge in [0.25, 0.3) is 0 Å². The van der Waals surface area contributed by atoms with Crippen LogP contribution in [0, 0.1) is 0 Å². The second-order valence-corrected chi connectivity index (χ2v) is 6.01. The average Bonchev–Trinajstić information content (AvgIpc) is 2.66. The van der Waals surface area contributed by atoms with Gasteiger partial charge in [0, 0.05) is 56.7 Å². The number of hydrogen-bond donors (Lipinski definition) is 1. The molecule has 1 aliphatic heterocycles. The zero-order valence-corrected chi connectivity index (χ0v) is 13.9. The number of pyridine rings is 1. The summed E-state index contributed by atoms with van der Waals surface area (Å²) in [6.45, 7) is 4.84. The first kappa shape index (κ1) is 16.5. The predicted molar refractivity (Wildman–Crippen MR) is 95.9 cm³/mol. The molecule has 0 saturated carbocycles. The highest BCUT2D eigenvalue weighted by Gasteiger charge is 2.20. The number of benzene rings is 1. The summed E-state index contributed by atoms with van der Waals surface area (Å²) in [4.78, 5) is 21.0. The number of piperazine rings is 1. The molecule has 0 unspecified atom stereocenters. The van der Waals surface area contributed by atoms with Gasteiger partial charge in [0.1, 0.15) is 0 Å². The maximum Gasteiger partial charge on any atom is 0.241 e. The Morgan fingerprint density at radius 1 is 1.00 bits per heavy atom. The van der Waals surface area contributed by atoms with Crippen molar-refractivity contribution in [2.24, 2.45) is 0 Å². The van der Waals surface area contributed by atoms with Crippen LogP contribution in [-0.4, -0.2) is 60.0 Å². The molecule has 1 aliphatic rings. The molecule has 0 atom stereocenters. The number of para-hydroxylation sites is 1. The molecular formula is C19H24N4O. The van der Waals surface area contributed by atoms with E-state index in [0.29, 0.717) is 6.54 Å². The van der Waals surface area contributed by atoms with E-state index in [1.54, 1.807) is 0 Å². The fourth-order valence-electron chi connectivity index (χ4n) is 2.89. The highest BCUT2D eigenvalue weighted by Crippen LogP contribution is 2.07. The number of carbonyl (C=O) groups is 1. The molecule has 126 valence electrons. The van der Waals surface area contributed by atoms with Gasteiger partial charge in [-0.3, -0.25) is 14.7 Å². The van der Waals surface area contributed by atoms with Gasteiger partial charge >= 0.3 is 0 Å². The highest BCUT2D eigenvalue weighted by molar-refractivity contribution is 5.81. The molecule has 3 rings (SSSR count). The second-order valence-electron chi connectivity index (χ2n) is 6.01. The van der Waals surface area contributed by atoms with Gasteiger partial charge in [-0.15, -0.1) is 0 Å². The summed E-state index contributed by atoms with van der Waals surface area (Å²) < 4.78 is 0. The SMILES string of the molecule is O=C(CNc1ccccc1)N1CCN(CCc2ccccn2)CC1. The smallest absolute Gasteiger partial charge is 0.241 e. The molecule has 0 aliphatic carbocycles. The molecule has 0 radical (unpaired) electrons. The van der Waals surface area contributed by atoms with E-state index in [1.807, 2.05) is 53.6 Å². The third kappa shape index (κ3) is 4.80. The minimum absolute atomic E-state index is 0.170. The molecule has 0 bridgehead atoms. The third-order valence-corrected chi connectivity index (χ3v) is 4.35. The van der Waals surface area contributed by atoms with Crippen LogP contribution in [-0.2, 0) is 11.2 Å². The molecule has 1 aromatic carbocycles. The van der Waals surface area contributed by atoms with Crippen LogP contribution in [0.15, 0.2) is 54.7 Å². The van der Waals surface area contributed by atoms with Crippen molar-refractivity contribution in [2.75, 3.05) is 44.6 Å². The number of nitrogens with one attached hydrogen (secondary N) is 1. The molecule has 5 heteroatoms. The molecule has 5 nitrogen and oxygen atoms in total. The molecule has 1 N–H and O–H groups in total. The van der Waals surface area contributed by atoms with Crippen LogP contribution in [0.5, 0.6) is 0 Å². The minimum Gasteiger partial charge on any atom is -0.376 e. The molecule has 2 aromatic rings. The van der Waals surface area contributed by atoms with Crippen LogP contribution in [0.2, 0.25) is 0 Å². The predicted octanol–water partition coefficient (Wildman–Crippen LogP) is 1.88. The average molecular weight is 324 g/mol. The van der Waals surface area contributed by atoms with Crippen LogP contribution >= 0.6 is 0 Å². The topological polar surface area (TPSA) is 48.5 Å². The number of aromatic nitrogens is 1. The Morgan fingerprint density at radius 3 is 2.46 bits per heavy atom. The van der Waals surface area contributed by atoms with Crippen molar-refractivity contribution in [3.05, 3.63) is 60.4 Å². The number of hydrogen-bond acceptors (Lipinski definition) is 4. The van der Waals surface area contributed by atoms with Gasteiger partial charge in [0.05, 0.1) is 6.54 Å². The van der Waals surface area contributed by atoms with Crippen LogP contribution in [0.25, 0.3) is 0 Å². The maximum absolute atomic E-state index is 12.3. The lowest BCUT2D eigenvalue weighted by Crippen LogP contribution is -2.50. The van der Waals surface area contributed by atoms with Gasteiger partial charge in [0.15, 0.2) is 0 Å². The van der Waals surface area contributed by atoms with Crippen molar-refractivity contribution >= 4 is 11.6 Å². The molecule has 0 spiro atoms. The van der Waals surface area contributed by atoms with Crippen molar-refractivity contribution in [2.45, 2.75) is 6.42 Å². The number of nitrogens with zero attached hydrogens (tertiary/aromatic N) is 3. The molecular weight excluding hydrogens is 300 g/mol. The van der Waals surface area contributed by atoms with Gasteiger partial charge in [-0.1, -0.05) is 24.3 Å². The van der Waals surface area contributed by atoms with Crippen LogP contribution in [0.4, 0.5) is 5.69 Å². The monoisotopic (exact) mass is 324 g/mol. The lowest BCUT2D eigenvalue weighted by molar-refractivity contribution is -0.131. The van der Waals surface area contributed by atoms with Crippen LogP contribution in [0.3, 0.4) is 0 Å². The fraction of sp³-hybridized carbons (Fsp3) is 0.368. The lowest BCUT2D eigenvalue weighted by Gasteiger charge is -2.34. The Kier molecular flexibility index (Phi) is 5.80. The van der Waals surface area contributed by atoms with E-state index >= 15 is 0 Å². The summed E-state index contributed by atoms with van der Waals surface area (Å²) in [5, 5.41) is 3.19. The Morgan fingerprint density at radius 2 is 1.75 bits per heavy atom. The molecule has 1 saturated heterocycles. The molecule has 24 heavy (non-hydrogen) atoms. The first-order valence-corrected chi connectivity index (χ1v) is 8.50. The zero-order valence-electron chi connectivity index (χ0n) is 13.9. The van der Waals surface area contributed by atoms with E-state index in [1.165, 1.54) is 0 Å². The molecule has 1 amide bonds. The number of rotatable bonds is 6. The van der Waals surface area contributed by atoms with E-state index in [0.717, 1.165) is 50.5 Å². The third-order valence-electron chi connectivity index (χ3n) is 4.35. The van der Waals surface area contributed by atoms with Crippen molar-refractivity contribution < 1.29 is 4.79 Å². The summed E-state index contributed by atoms with van der Waals surface area (Å²) in [5.74, 6) is 0.170. The Hall–Kier alpha value is -2.40. The first-order chi connectivity index (χ1) is 11.8. The summed E-state index contributed by atoms with van der Waals surface area (Å²) in [6, 6.07) is 15.9. The molecule has 1 aromatic heterocycles. The van der Waals surface area contributed by atoms with Gasteiger partial charge in [-0.05, 0) is 24.3 Å². The Labute approximate surface area is 143 Å². The lowest BCUT2D eigenvalue weighted by atomic mass is 10.2. The van der Waals surface area contributed by atoms with Gasteiger partial charge in [0.2, 0.25) is 5.91 Å². The maximum atomic E-state index is 12.3. The van der Waals surface area contributed by atoms with Gasteiger partial charge < -0.3 is 10.2 Å². The fourth-order valence-corrected chi connectivity index (χ4v) is 2.89. The van der Waals surface area contributed by atoms with E-state index in [9.17, 15) is 4.79 Å². The van der Waals surface area contributed by atoms with E-state index in [2.05, 4.69) is 21.3 Å². The molecule has 1 fully saturated rings. The normalized spacial score (nSPS) is 15.2. The second kappa shape index (κ2) is 8.45. The zero-order chi connectivity index (χ0) is 16.6. The summed E-state index contributed by atoms with van der Waals surface area (Å²) >= 11 is 0. The number of anilines is 1. The largest absolute Gasteiger partial charge is 0.376 e. The quantitative estimate of drug-likeness (QED) is 0.881. The van der Waals surface area contributed by atoms with Crippen molar-refractivity contribution in [1.29, 1.82) is 0 Å². The first-order valence-electron chi connectivity index (χ1n) is 8.50. The summed E-state index contributed by atoms with van der Waals surface area (Å²) in [6.07, 6.45) is 2.80. The van der Waals surface area contributed by atoms with Crippen molar-refractivity contribution in [1.82, 2.24) is 14.8 Å². The standard InChI is InChI=1S/C19H24N4O/c24-19(16-21-17-6-2-1-3-7-17)23-14-12-22(13-15-23)11-9-18-8-4-5-10-20-18/h1-8,10,21H,9,11-16H2. The van der Waals surface area contributed by atoms with E-state index in [4.69, 9.17) is 0 Å². The molecule has 2 heterocycles. The Balaban J connectivity index is 1.37. The minimum atomic E-state index is 0.170. The van der Waals surface area contributed by atoms with Crippen LogP contribution < -0.4 is 5.32 Å². The van der Waals surface area contributed by atoms with Crippen molar-refractivity contribution in [3.63, 3.8) is 0 Å².